The number of nitrogens with zero attached hydrogens (tertiary/aromatic N) is 4. The van der Waals surface area contributed by atoms with Crippen molar-refractivity contribution in [2.75, 3.05) is 43.1 Å². The topological polar surface area (TPSA) is 103 Å². The lowest BCUT2D eigenvalue weighted by atomic mass is 10.1. The number of amides is 1. The van der Waals surface area contributed by atoms with E-state index < -0.39 is 0 Å². The molecule has 1 aromatic heterocycles. The van der Waals surface area contributed by atoms with Gasteiger partial charge in [-0.25, -0.2) is 9.97 Å². The summed E-state index contributed by atoms with van der Waals surface area (Å²) in [5.41, 5.74) is 4.17. The summed E-state index contributed by atoms with van der Waals surface area (Å²) in [4.78, 5) is 23.1. The number of carbonyl (C=O) groups is 1. The van der Waals surface area contributed by atoms with Crippen molar-refractivity contribution in [3.8, 4) is 17.3 Å². The Hall–Kier alpha value is -3.38. The van der Waals surface area contributed by atoms with E-state index in [1.54, 1.807) is 18.3 Å². The molecule has 4 rings (SSSR count). The monoisotopic (exact) mass is 486 g/mol. The number of halogens is 2. The number of hydrogen-bond donors (Lipinski definition) is 2. The van der Waals surface area contributed by atoms with Crippen LogP contribution in [0.4, 0.5) is 17.3 Å². The van der Waals surface area contributed by atoms with Crippen molar-refractivity contribution < 1.29 is 9.53 Å². The van der Waals surface area contributed by atoms with Gasteiger partial charge in [0.15, 0.2) is 0 Å². The van der Waals surface area contributed by atoms with Gasteiger partial charge >= 0.3 is 0 Å². The molecule has 2 N–H and O–H groups in total. The van der Waals surface area contributed by atoms with Gasteiger partial charge in [0.1, 0.15) is 6.54 Å². The molecular formula is C23H24Cl2N6O2. The van der Waals surface area contributed by atoms with Crippen LogP contribution in [0, 0.1) is 11.3 Å². The quantitative estimate of drug-likeness (QED) is 0.510. The Morgan fingerprint density at radius 1 is 1.03 bits per heavy atom. The molecule has 0 spiro atoms. The van der Waals surface area contributed by atoms with Crippen molar-refractivity contribution >= 4 is 48.0 Å². The van der Waals surface area contributed by atoms with Gasteiger partial charge in [-0.05, 0) is 42.5 Å². The largest absolute Gasteiger partial charge is 0.378 e. The van der Waals surface area contributed by atoms with Crippen LogP contribution in [-0.4, -0.2) is 48.7 Å². The molecule has 10 heteroatoms. The third-order valence-corrected chi connectivity index (χ3v) is 4.93. The molecular weight excluding hydrogens is 463 g/mol. The lowest BCUT2D eigenvalue weighted by Crippen LogP contribution is -2.36. The van der Waals surface area contributed by atoms with Crippen molar-refractivity contribution in [2.24, 2.45) is 0 Å². The minimum absolute atomic E-state index is 0. The van der Waals surface area contributed by atoms with E-state index in [0.717, 1.165) is 43.2 Å². The number of nitrogens with one attached hydrogen (secondary N) is 2. The molecule has 0 saturated carbocycles. The van der Waals surface area contributed by atoms with Crippen LogP contribution in [0.2, 0.25) is 0 Å². The van der Waals surface area contributed by atoms with Crippen molar-refractivity contribution in [3.05, 3.63) is 66.4 Å². The molecule has 0 unspecified atom stereocenters. The summed E-state index contributed by atoms with van der Waals surface area (Å²) >= 11 is 0. The predicted molar refractivity (Wildman–Crippen MR) is 133 cm³/mol. The van der Waals surface area contributed by atoms with E-state index in [2.05, 4.69) is 37.6 Å². The molecule has 3 aromatic rings. The molecule has 0 aliphatic carbocycles. The normalized spacial score (nSPS) is 12.5. The number of nitriles is 1. The second-order valence-corrected chi connectivity index (χ2v) is 6.95. The Kier molecular flexibility index (Phi) is 9.88. The van der Waals surface area contributed by atoms with Crippen LogP contribution in [0.3, 0.4) is 0 Å². The molecule has 0 radical (unpaired) electrons. The standard InChI is InChI=1S/C23H22N6O2.2ClH/c24-10-12-25-22(30)18-3-1-17(2-4-18)21-9-11-26-23(28-21)27-19-5-7-20(8-6-19)29-13-15-31-16-14-29;;/h1-9,11H,12-16H2,(H,25,30)(H,26,27,28);2*1H. The number of carbonyl (C=O) groups excluding carboxylic acids is 1. The number of anilines is 3. The van der Waals surface area contributed by atoms with Gasteiger partial charge in [0.2, 0.25) is 5.95 Å². The van der Waals surface area contributed by atoms with E-state index in [1.165, 1.54) is 5.69 Å². The van der Waals surface area contributed by atoms with Crippen LogP contribution in [0.25, 0.3) is 11.3 Å². The van der Waals surface area contributed by atoms with Crippen molar-refractivity contribution in [1.29, 1.82) is 5.26 Å². The summed E-state index contributed by atoms with van der Waals surface area (Å²) in [6.45, 7) is 3.29. The Balaban J connectivity index is 0.00000193. The van der Waals surface area contributed by atoms with E-state index in [-0.39, 0.29) is 37.3 Å². The molecule has 172 valence electrons. The fourth-order valence-corrected chi connectivity index (χ4v) is 3.30. The fourth-order valence-electron chi connectivity index (χ4n) is 3.30. The number of hydrogen-bond acceptors (Lipinski definition) is 7. The minimum Gasteiger partial charge on any atom is -0.378 e. The first kappa shape index (κ1) is 25.9. The summed E-state index contributed by atoms with van der Waals surface area (Å²) in [6, 6.07) is 18.9. The van der Waals surface area contributed by atoms with Crippen molar-refractivity contribution in [3.63, 3.8) is 0 Å². The van der Waals surface area contributed by atoms with E-state index >= 15 is 0 Å². The Labute approximate surface area is 204 Å². The lowest BCUT2D eigenvalue weighted by Gasteiger charge is -2.28. The third kappa shape index (κ3) is 6.80. The van der Waals surface area contributed by atoms with Gasteiger partial charge in [0.05, 0.1) is 25.0 Å². The summed E-state index contributed by atoms with van der Waals surface area (Å²) in [7, 11) is 0. The van der Waals surface area contributed by atoms with Gasteiger partial charge in [-0.2, -0.15) is 5.26 Å². The maximum atomic E-state index is 11.9. The molecule has 8 nitrogen and oxygen atoms in total. The summed E-state index contributed by atoms with van der Waals surface area (Å²) in [5.74, 6) is 0.214. The van der Waals surface area contributed by atoms with E-state index in [1.807, 2.05) is 36.4 Å². The first-order chi connectivity index (χ1) is 15.2. The lowest BCUT2D eigenvalue weighted by molar-refractivity contribution is 0.0958. The molecule has 33 heavy (non-hydrogen) atoms. The predicted octanol–water partition coefficient (Wildman–Crippen LogP) is 3.82. The Morgan fingerprint density at radius 2 is 1.73 bits per heavy atom. The molecule has 1 fully saturated rings. The average molecular weight is 487 g/mol. The molecule has 1 saturated heterocycles. The van der Waals surface area contributed by atoms with E-state index in [4.69, 9.17) is 10.00 Å². The minimum atomic E-state index is -0.279. The summed E-state index contributed by atoms with van der Waals surface area (Å²) in [6.07, 6.45) is 1.69. The van der Waals surface area contributed by atoms with Crippen LogP contribution in [0.15, 0.2) is 60.8 Å². The first-order valence-electron chi connectivity index (χ1n) is 10.0. The van der Waals surface area contributed by atoms with Gasteiger partial charge < -0.3 is 20.3 Å². The highest BCUT2D eigenvalue weighted by atomic mass is 35.5. The third-order valence-electron chi connectivity index (χ3n) is 4.93. The van der Waals surface area contributed by atoms with Crippen molar-refractivity contribution in [1.82, 2.24) is 15.3 Å². The van der Waals surface area contributed by atoms with E-state index in [9.17, 15) is 4.79 Å². The molecule has 2 aromatic carbocycles. The second-order valence-electron chi connectivity index (χ2n) is 6.95. The highest BCUT2D eigenvalue weighted by Gasteiger charge is 2.11. The maximum Gasteiger partial charge on any atom is 0.252 e. The van der Waals surface area contributed by atoms with Crippen LogP contribution < -0.4 is 15.5 Å². The Bertz CT molecular complexity index is 1080. The van der Waals surface area contributed by atoms with Gasteiger partial charge in [0.25, 0.3) is 5.91 Å². The summed E-state index contributed by atoms with van der Waals surface area (Å²) < 4.78 is 5.40. The second kappa shape index (κ2) is 12.6. The summed E-state index contributed by atoms with van der Waals surface area (Å²) in [5, 5.41) is 14.3. The van der Waals surface area contributed by atoms with Gasteiger partial charge in [0, 0.05) is 41.8 Å². The number of ether oxygens (including phenoxy) is 1. The maximum absolute atomic E-state index is 11.9. The zero-order chi connectivity index (χ0) is 21.5. The van der Waals surface area contributed by atoms with Gasteiger partial charge in [-0.1, -0.05) is 12.1 Å². The zero-order valence-electron chi connectivity index (χ0n) is 17.7. The smallest absolute Gasteiger partial charge is 0.252 e. The molecule has 0 bridgehead atoms. The number of aromatic nitrogens is 2. The van der Waals surface area contributed by atoms with E-state index in [0.29, 0.717) is 11.5 Å². The van der Waals surface area contributed by atoms with Gasteiger partial charge in [-0.15, -0.1) is 24.8 Å². The van der Waals surface area contributed by atoms with Gasteiger partial charge in [-0.3, -0.25) is 4.79 Å². The average Bonchev–Trinajstić information content (AvgIpc) is 2.84. The molecule has 1 aliphatic heterocycles. The first-order valence-corrected chi connectivity index (χ1v) is 10.0. The molecule has 2 heterocycles. The van der Waals surface area contributed by atoms with Crippen LogP contribution in [-0.2, 0) is 4.74 Å². The SMILES string of the molecule is Cl.Cl.N#CCNC(=O)c1ccc(-c2ccnc(Nc3ccc(N4CCOCC4)cc3)n2)cc1. The molecule has 1 aliphatic rings. The number of rotatable bonds is 6. The van der Waals surface area contributed by atoms with Crippen LogP contribution >= 0.6 is 24.8 Å². The highest BCUT2D eigenvalue weighted by Crippen LogP contribution is 2.23. The van der Waals surface area contributed by atoms with Crippen LogP contribution in [0.5, 0.6) is 0 Å². The number of morpholine rings is 1. The Morgan fingerprint density at radius 3 is 2.39 bits per heavy atom. The van der Waals surface area contributed by atoms with Crippen molar-refractivity contribution in [2.45, 2.75) is 0 Å². The van der Waals surface area contributed by atoms with Crippen LogP contribution in [0.1, 0.15) is 10.4 Å². The fraction of sp³-hybridized carbons (Fsp3) is 0.217. The number of benzene rings is 2. The molecule has 1 amide bonds. The molecule has 0 atom stereocenters. The highest BCUT2D eigenvalue weighted by molar-refractivity contribution is 5.94. The zero-order valence-corrected chi connectivity index (χ0v) is 19.4.